The van der Waals surface area contributed by atoms with Crippen molar-refractivity contribution in [2.75, 3.05) is 40.4 Å². The molecule has 0 atom stereocenters. The zero-order chi connectivity index (χ0) is 19.8. The molecule has 0 spiro atoms. The zero-order valence-corrected chi connectivity index (χ0v) is 16.8. The third kappa shape index (κ3) is 5.39. The summed E-state index contributed by atoms with van der Waals surface area (Å²) in [6.07, 6.45) is 1.94. The van der Waals surface area contributed by atoms with Gasteiger partial charge in [-0.25, -0.2) is 0 Å². The van der Waals surface area contributed by atoms with E-state index in [2.05, 4.69) is 51.6 Å². The maximum atomic E-state index is 5.99. The van der Waals surface area contributed by atoms with Crippen LogP contribution in [0.3, 0.4) is 0 Å². The predicted octanol–water partition coefficient (Wildman–Crippen LogP) is 2.21. The molecular formula is C22H30N4O2. The lowest BCUT2D eigenvalue weighted by molar-refractivity contribution is 0.260. The van der Waals surface area contributed by atoms with Crippen molar-refractivity contribution in [2.24, 2.45) is 10.7 Å². The van der Waals surface area contributed by atoms with E-state index in [9.17, 15) is 0 Å². The van der Waals surface area contributed by atoms with E-state index in [1.165, 1.54) is 16.7 Å². The van der Waals surface area contributed by atoms with Crippen LogP contribution < -0.4 is 20.5 Å². The van der Waals surface area contributed by atoms with E-state index in [0.717, 1.165) is 50.5 Å². The highest BCUT2D eigenvalue weighted by Crippen LogP contribution is 2.33. The van der Waals surface area contributed by atoms with Crippen LogP contribution in [0.15, 0.2) is 47.5 Å². The number of rotatable bonds is 8. The molecule has 2 aromatic rings. The van der Waals surface area contributed by atoms with Crippen LogP contribution in [0.1, 0.15) is 16.7 Å². The molecule has 1 aliphatic heterocycles. The van der Waals surface area contributed by atoms with Gasteiger partial charge in [0.25, 0.3) is 0 Å². The van der Waals surface area contributed by atoms with Crippen molar-refractivity contribution in [3.8, 4) is 11.5 Å². The summed E-state index contributed by atoms with van der Waals surface area (Å²) in [5, 5.41) is 3.19. The van der Waals surface area contributed by atoms with Crippen LogP contribution in [0.4, 0.5) is 0 Å². The van der Waals surface area contributed by atoms with Crippen LogP contribution in [-0.4, -0.2) is 51.3 Å². The second kappa shape index (κ2) is 9.99. The number of methoxy groups -OCH3 is 2. The van der Waals surface area contributed by atoms with Gasteiger partial charge in [-0.2, -0.15) is 0 Å². The van der Waals surface area contributed by atoms with Crippen LogP contribution >= 0.6 is 0 Å². The minimum absolute atomic E-state index is 0.514. The van der Waals surface area contributed by atoms with Crippen LogP contribution in [0.5, 0.6) is 11.5 Å². The van der Waals surface area contributed by atoms with Crippen molar-refractivity contribution in [3.63, 3.8) is 0 Å². The normalized spacial score (nSPS) is 14.4. The topological polar surface area (TPSA) is 72.1 Å². The molecule has 2 aromatic carbocycles. The van der Waals surface area contributed by atoms with Gasteiger partial charge in [-0.15, -0.1) is 0 Å². The van der Waals surface area contributed by atoms with Crippen molar-refractivity contribution < 1.29 is 9.47 Å². The second-order valence-electron chi connectivity index (χ2n) is 6.93. The molecule has 0 saturated heterocycles. The molecule has 3 rings (SSSR count). The fourth-order valence-electron chi connectivity index (χ4n) is 3.48. The van der Waals surface area contributed by atoms with Crippen molar-refractivity contribution in [2.45, 2.75) is 19.4 Å². The Morgan fingerprint density at radius 2 is 1.82 bits per heavy atom. The maximum absolute atomic E-state index is 5.99. The van der Waals surface area contributed by atoms with Gasteiger partial charge < -0.3 is 20.5 Å². The smallest absolute Gasteiger partial charge is 0.188 e. The largest absolute Gasteiger partial charge is 0.493 e. The second-order valence-corrected chi connectivity index (χ2v) is 6.93. The van der Waals surface area contributed by atoms with Crippen molar-refractivity contribution in [1.29, 1.82) is 0 Å². The summed E-state index contributed by atoms with van der Waals surface area (Å²) in [7, 11) is 3.35. The molecule has 0 bridgehead atoms. The molecule has 6 heteroatoms. The van der Waals surface area contributed by atoms with Crippen molar-refractivity contribution in [1.82, 2.24) is 10.2 Å². The number of aliphatic imine (C=N–C) groups is 1. The fourth-order valence-corrected chi connectivity index (χ4v) is 3.48. The lowest BCUT2D eigenvalue weighted by Crippen LogP contribution is -2.35. The Morgan fingerprint density at radius 3 is 2.54 bits per heavy atom. The SMILES string of the molecule is COc1cc2c(cc1OC)CN(CCN=C(N)NCCc1ccccc1)CC2. The molecule has 0 amide bonds. The molecular weight excluding hydrogens is 352 g/mol. The Morgan fingerprint density at radius 1 is 1.11 bits per heavy atom. The molecule has 3 N–H and O–H groups in total. The van der Waals surface area contributed by atoms with Crippen LogP contribution in [-0.2, 0) is 19.4 Å². The first-order valence-corrected chi connectivity index (χ1v) is 9.73. The Labute approximate surface area is 167 Å². The van der Waals surface area contributed by atoms with Gasteiger partial charge >= 0.3 is 0 Å². The number of fused-ring (bicyclic) bond motifs is 1. The van der Waals surface area contributed by atoms with Crippen LogP contribution in [0.25, 0.3) is 0 Å². The third-order valence-electron chi connectivity index (χ3n) is 5.06. The lowest BCUT2D eigenvalue weighted by atomic mass is 9.99. The van der Waals surface area contributed by atoms with Crippen LogP contribution in [0.2, 0.25) is 0 Å². The van der Waals surface area contributed by atoms with Gasteiger partial charge in [0.2, 0.25) is 0 Å². The van der Waals surface area contributed by atoms with E-state index in [4.69, 9.17) is 15.2 Å². The van der Waals surface area contributed by atoms with E-state index in [-0.39, 0.29) is 0 Å². The van der Waals surface area contributed by atoms with E-state index >= 15 is 0 Å². The number of nitrogens with two attached hydrogens (primary N) is 1. The zero-order valence-electron chi connectivity index (χ0n) is 16.8. The Kier molecular flexibility index (Phi) is 7.14. The maximum Gasteiger partial charge on any atom is 0.188 e. The van der Waals surface area contributed by atoms with Crippen LogP contribution in [0, 0.1) is 0 Å². The van der Waals surface area contributed by atoms with Gasteiger partial charge in [-0.05, 0) is 41.7 Å². The van der Waals surface area contributed by atoms with Gasteiger partial charge in [0, 0.05) is 26.2 Å². The molecule has 1 heterocycles. The minimum Gasteiger partial charge on any atom is -0.493 e. The highest BCUT2D eigenvalue weighted by Gasteiger charge is 2.19. The van der Waals surface area contributed by atoms with E-state index < -0.39 is 0 Å². The summed E-state index contributed by atoms with van der Waals surface area (Å²) in [5.74, 6) is 2.10. The molecule has 1 aliphatic rings. The summed E-state index contributed by atoms with van der Waals surface area (Å²) in [5.41, 5.74) is 9.91. The van der Waals surface area contributed by atoms with Gasteiger partial charge in [0.1, 0.15) is 0 Å². The number of nitrogens with one attached hydrogen (secondary N) is 1. The van der Waals surface area contributed by atoms with Gasteiger partial charge in [-0.3, -0.25) is 9.89 Å². The Hall–Kier alpha value is -2.73. The number of ether oxygens (including phenoxy) is 2. The molecule has 0 saturated carbocycles. The number of hydrogen-bond donors (Lipinski definition) is 2. The molecule has 0 fully saturated rings. The average Bonchev–Trinajstić information content (AvgIpc) is 2.73. The first kappa shape index (κ1) is 20.0. The quantitative estimate of drug-likeness (QED) is 0.541. The number of guanidine groups is 1. The highest BCUT2D eigenvalue weighted by atomic mass is 16.5. The first-order valence-electron chi connectivity index (χ1n) is 9.73. The van der Waals surface area contributed by atoms with E-state index in [1.807, 2.05) is 6.07 Å². The summed E-state index contributed by atoms with van der Waals surface area (Å²) in [6.45, 7) is 4.27. The predicted molar refractivity (Wildman–Crippen MR) is 113 cm³/mol. The summed E-state index contributed by atoms with van der Waals surface area (Å²) >= 11 is 0. The van der Waals surface area contributed by atoms with Crippen molar-refractivity contribution in [3.05, 3.63) is 59.2 Å². The molecule has 28 heavy (non-hydrogen) atoms. The molecule has 0 radical (unpaired) electrons. The molecule has 0 aliphatic carbocycles. The standard InChI is InChI=1S/C22H30N4O2/c1-27-20-14-18-9-12-26(16-19(18)15-21(20)28-2)13-11-25-22(23)24-10-8-17-6-4-3-5-7-17/h3-7,14-15H,8-13,16H2,1-2H3,(H3,23,24,25). The van der Waals surface area contributed by atoms with E-state index in [0.29, 0.717) is 12.5 Å². The molecule has 0 aromatic heterocycles. The third-order valence-corrected chi connectivity index (χ3v) is 5.06. The summed E-state index contributed by atoms with van der Waals surface area (Å²) in [6, 6.07) is 14.5. The monoisotopic (exact) mass is 382 g/mol. The summed E-state index contributed by atoms with van der Waals surface area (Å²) < 4.78 is 10.8. The minimum atomic E-state index is 0.514. The molecule has 0 unspecified atom stereocenters. The number of benzene rings is 2. The Bertz CT molecular complexity index is 793. The van der Waals surface area contributed by atoms with Gasteiger partial charge in [0.15, 0.2) is 17.5 Å². The number of nitrogens with zero attached hydrogens (tertiary/aromatic N) is 2. The van der Waals surface area contributed by atoms with E-state index in [1.54, 1.807) is 14.2 Å². The van der Waals surface area contributed by atoms with Gasteiger partial charge in [0.05, 0.1) is 20.8 Å². The molecule has 6 nitrogen and oxygen atoms in total. The Balaban J connectivity index is 1.44. The lowest BCUT2D eigenvalue weighted by Gasteiger charge is -2.29. The van der Waals surface area contributed by atoms with Gasteiger partial charge in [-0.1, -0.05) is 30.3 Å². The number of hydrogen-bond acceptors (Lipinski definition) is 4. The summed E-state index contributed by atoms with van der Waals surface area (Å²) in [4.78, 5) is 6.86. The molecule has 150 valence electrons. The first-order chi connectivity index (χ1) is 13.7. The average molecular weight is 383 g/mol. The fraction of sp³-hybridized carbons (Fsp3) is 0.409. The van der Waals surface area contributed by atoms with Crippen molar-refractivity contribution >= 4 is 5.96 Å². The highest BCUT2D eigenvalue weighted by molar-refractivity contribution is 5.77.